The third kappa shape index (κ3) is 6.71. The molecule has 220 valence electrons. The summed E-state index contributed by atoms with van der Waals surface area (Å²) < 4.78 is 0. The van der Waals surface area contributed by atoms with Gasteiger partial charge in [-0.05, 0) is 40.0 Å². The van der Waals surface area contributed by atoms with Crippen LogP contribution in [-0.4, -0.2) is 71.4 Å². The van der Waals surface area contributed by atoms with E-state index in [-0.39, 0.29) is 35.4 Å². The Balaban J connectivity index is 1.74. The zero-order valence-electron chi connectivity index (χ0n) is 24.2. The van der Waals surface area contributed by atoms with Crippen molar-refractivity contribution in [1.29, 1.82) is 0 Å². The monoisotopic (exact) mass is 575 g/mol. The normalized spacial score (nSPS) is 22.6. The van der Waals surface area contributed by atoms with Crippen LogP contribution in [-0.2, 0) is 19.2 Å². The van der Waals surface area contributed by atoms with E-state index in [2.05, 4.69) is 16.0 Å². The lowest BCUT2D eigenvalue weighted by molar-refractivity contribution is -0.144. The van der Waals surface area contributed by atoms with E-state index in [0.717, 1.165) is 0 Å². The number of likely N-dealkylation sites (tertiary alicyclic amines) is 1. The number of ketones is 2. The fourth-order valence-corrected chi connectivity index (χ4v) is 6.19. The highest BCUT2D eigenvalue weighted by Crippen LogP contribution is 2.65. The first-order valence-electron chi connectivity index (χ1n) is 13.5. The highest BCUT2D eigenvalue weighted by Gasteiger charge is 2.69. The number of Topliss-reactive ketones (excluding diaryl/α,β-unsaturated/α-hetero) is 2. The lowest BCUT2D eigenvalue weighted by Gasteiger charge is -2.38. The summed E-state index contributed by atoms with van der Waals surface area (Å²) in [6.45, 7) is 13.1. The van der Waals surface area contributed by atoms with Gasteiger partial charge in [-0.15, -0.1) is 11.3 Å². The molecule has 5 atom stereocenters. The molecule has 1 aromatic heterocycles. The number of nitrogens with zero attached hydrogens (tertiary/aromatic N) is 1. The van der Waals surface area contributed by atoms with Crippen molar-refractivity contribution >= 4 is 46.7 Å². The molecule has 1 aliphatic heterocycles. The number of rotatable bonds is 11. The van der Waals surface area contributed by atoms with Gasteiger partial charge in [0.2, 0.25) is 17.6 Å². The van der Waals surface area contributed by atoms with Gasteiger partial charge in [0.15, 0.2) is 5.78 Å². The second kappa shape index (κ2) is 11.7. The molecule has 0 radical (unpaired) electrons. The number of piperidine rings is 1. The molecule has 40 heavy (non-hydrogen) atoms. The molecule has 11 nitrogen and oxygen atoms in total. The van der Waals surface area contributed by atoms with Gasteiger partial charge in [0.05, 0.1) is 11.4 Å². The number of nitrogens with one attached hydrogen (secondary N) is 3. The predicted octanol–water partition coefficient (Wildman–Crippen LogP) is 1.71. The SMILES string of the molecule is CC(C)[C@@H](CC(=O)c1cccs1)NC(=O)N[C@H](C(=O)N1C[C@H]2[C@@H]([C@H]1C(=O)NCC(=O)C(N)=O)C2(C)C)C(C)(C)C. The highest BCUT2D eigenvalue weighted by atomic mass is 32.1. The molecule has 0 unspecified atom stereocenters. The van der Waals surface area contributed by atoms with Crippen LogP contribution in [0.15, 0.2) is 17.5 Å². The lowest BCUT2D eigenvalue weighted by Crippen LogP contribution is -2.61. The summed E-state index contributed by atoms with van der Waals surface area (Å²) in [4.78, 5) is 77.9. The van der Waals surface area contributed by atoms with Crippen molar-refractivity contribution in [2.45, 2.75) is 73.0 Å². The quantitative estimate of drug-likeness (QED) is 0.231. The Morgan fingerprint density at radius 1 is 1.12 bits per heavy atom. The molecule has 0 aromatic carbocycles. The standard InChI is InChI=1S/C28H41N5O6S/c1-14(2)16(11-17(34)19-9-8-10-40-19)31-26(39)32-22(27(3,4)5)25(38)33-13-15-20(28(15,6)7)21(33)24(37)30-12-18(35)23(29)36/h8-10,14-16,20-22H,11-13H2,1-7H3,(H2,29,36)(H,30,37)(H2,31,32,39)/t15-,16+,20-,21-,22+/m0/s1. The Morgan fingerprint density at radius 3 is 2.30 bits per heavy atom. The zero-order valence-corrected chi connectivity index (χ0v) is 25.0. The number of amides is 5. The molecular formula is C28H41N5O6S. The van der Waals surface area contributed by atoms with Gasteiger partial charge in [-0.2, -0.15) is 0 Å². The van der Waals surface area contributed by atoms with Crippen molar-refractivity contribution in [1.82, 2.24) is 20.9 Å². The number of carbonyl (C=O) groups is 6. The molecule has 2 aliphatic rings. The molecule has 1 saturated heterocycles. The van der Waals surface area contributed by atoms with Crippen LogP contribution in [0.1, 0.15) is 64.6 Å². The fraction of sp³-hybridized carbons (Fsp3) is 0.643. The minimum atomic E-state index is -1.15. The molecule has 0 bridgehead atoms. The van der Waals surface area contributed by atoms with E-state index < -0.39 is 59.6 Å². The van der Waals surface area contributed by atoms with E-state index in [1.165, 1.54) is 16.2 Å². The molecular weight excluding hydrogens is 534 g/mol. The van der Waals surface area contributed by atoms with Gasteiger partial charge < -0.3 is 26.6 Å². The molecule has 1 aliphatic carbocycles. The molecule has 1 aromatic rings. The van der Waals surface area contributed by atoms with E-state index >= 15 is 0 Å². The third-order valence-electron chi connectivity index (χ3n) is 8.17. The first kappa shape index (κ1) is 31.3. The number of hydrogen-bond acceptors (Lipinski definition) is 7. The molecule has 3 rings (SSSR count). The van der Waals surface area contributed by atoms with E-state index in [1.807, 2.05) is 53.8 Å². The van der Waals surface area contributed by atoms with Crippen molar-refractivity contribution < 1.29 is 28.8 Å². The Kier molecular flexibility index (Phi) is 9.12. The van der Waals surface area contributed by atoms with Gasteiger partial charge in [0, 0.05) is 19.0 Å². The zero-order chi connectivity index (χ0) is 30.2. The topological polar surface area (TPSA) is 168 Å². The summed E-state index contributed by atoms with van der Waals surface area (Å²) in [5, 5.41) is 9.95. The number of primary amides is 1. The third-order valence-corrected chi connectivity index (χ3v) is 9.08. The van der Waals surface area contributed by atoms with Crippen molar-refractivity contribution in [3.05, 3.63) is 22.4 Å². The molecule has 0 spiro atoms. The minimum absolute atomic E-state index is 0.0393. The highest BCUT2D eigenvalue weighted by molar-refractivity contribution is 7.12. The molecule has 5 N–H and O–H groups in total. The molecule has 1 saturated carbocycles. The predicted molar refractivity (Wildman–Crippen MR) is 150 cm³/mol. The second-order valence-electron chi connectivity index (χ2n) is 12.8. The van der Waals surface area contributed by atoms with Crippen LogP contribution in [0.25, 0.3) is 0 Å². The average molecular weight is 576 g/mol. The van der Waals surface area contributed by atoms with E-state index in [9.17, 15) is 28.8 Å². The largest absolute Gasteiger partial charge is 0.363 e. The van der Waals surface area contributed by atoms with Crippen molar-refractivity contribution in [3.63, 3.8) is 0 Å². The van der Waals surface area contributed by atoms with E-state index in [4.69, 9.17) is 5.73 Å². The van der Waals surface area contributed by atoms with Crippen LogP contribution < -0.4 is 21.7 Å². The first-order valence-corrected chi connectivity index (χ1v) is 14.4. The van der Waals surface area contributed by atoms with Gasteiger partial charge in [-0.3, -0.25) is 24.0 Å². The Hall–Kier alpha value is -3.28. The maximum Gasteiger partial charge on any atom is 0.315 e. The van der Waals surface area contributed by atoms with Crippen molar-refractivity contribution in [2.75, 3.05) is 13.1 Å². The van der Waals surface area contributed by atoms with Crippen LogP contribution in [0.4, 0.5) is 4.79 Å². The number of thiophene rings is 1. The maximum atomic E-state index is 13.9. The minimum Gasteiger partial charge on any atom is -0.363 e. The van der Waals surface area contributed by atoms with Crippen LogP contribution in [0, 0.1) is 28.6 Å². The summed E-state index contributed by atoms with van der Waals surface area (Å²) >= 11 is 1.35. The number of carbonyl (C=O) groups excluding carboxylic acids is 6. The maximum absolute atomic E-state index is 13.9. The summed E-state index contributed by atoms with van der Waals surface area (Å²) in [6, 6.07) is 0.688. The van der Waals surface area contributed by atoms with Gasteiger partial charge in [-0.1, -0.05) is 54.5 Å². The average Bonchev–Trinajstić information content (AvgIpc) is 3.31. The first-order chi connectivity index (χ1) is 18.5. The van der Waals surface area contributed by atoms with Gasteiger partial charge in [0.1, 0.15) is 12.1 Å². The fourth-order valence-electron chi connectivity index (χ4n) is 5.52. The van der Waals surface area contributed by atoms with E-state index in [0.29, 0.717) is 11.4 Å². The Bertz CT molecular complexity index is 1170. The molecule has 12 heteroatoms. The summed E-state index contributed by atoms with van der Waals surface area (Å²) in [5.74, 6) is -3.18. The lowest BCUT2D eigenvalue weighted by atomic mass is 9.85. The van der Waals surface area contributed by atoms with Crippen molar-refractivity contribution in [2.24, 2.45) is 34.3 Å². The number of hydrogen-bond donors (Lipinski definition) is 4. The Morgan fingerprint density at radius 2 is 1.77 bits per heavy atom. The number of nitrogens with two attached hydrogens (primary N) is 1. The van der Waals surface area contributed by atoms with Crippen LogP contribution in [0.3, 0.4) is 0 Å². The molecule has 2 heterocycles. The summed E-state index contributed by atoms with van der Waals surface area (Å²) in [5.41, 5.74) is 4.12. The number of urea groups is 1. The summed E-state index contributed by atoms with van der Waals surface area (Å²) in [7, 11) is 0. The van der Waals surface area contributed by atoms with Crippen LogP contribution in [0.5, 0.6) is 0 Å². The van der Waals surface area contributed by atoms with Crippen LogP contribution in [0.2, 0.25) is 0 Å². The Labute approximate surface area is 239 Å². The second-order valence-corrected chi connectivity index (χ2v) is 13.7. The smallest absolute Gasteiger partial charge is 0.315 e. The van der Waals surface area contributed by atoms with Crippen LogP contribution >= 0.6 is 11.3 Å². The van der Waals surface area contributed by atoms with Gasteiger partial charge in [0.25, 0.3) is 5.91 Å². The number of fused-ring (bicyclic) bond motifs is 1. The summed E-state index contributed by atoms with van der Waals surface area (Å²) in [6.07, 6.45) is 0.122. The van der Waals surface area contributed by atoms with Gasteiger partial charge >= 0.3 is 6.03 Å². The molecule has 2 fully saturated rings. The molecule has 5 amide bonds. The van der Waals surface area contributed by atoms with Crippen molar-refractivity contribution in [3.8, 4) is 0 Å². The van der Waals surface area contributed by atoms with Gasteiger partial charge in [-0.25, -0.2) is 4.79 Å². The van der Waals surface area contributed by atoms with E-state index in [1.54, 1.807) is 12.1 Å².